The molecule has 4 aliphatic carbocycles. The second-order valence-corrected chi connectivity index (χ2v) is 11.1. The topological polar surface area (TPSA) is 101 Å². The second-order valence-electron chi connectivity index (χ2n) is 11.1. The van der Waals surface area contributed by atoms with Gasteiger partial charge in [0.05, 0.1) is 6.42 Å². The molecule has 0 aromatic rings. The van der Waals surface area contributed by atoms with Gasteiger partial charge in [0, 0.05) is 24.7 Å². The molecule has 4 saturated carbocycles. The molecule has 0 aliphatic heterocycles. The Hall–Kier alpha value is -1.72. The monoisotopic (exact) mass is 431 g/mol. The highest BCUT2D eigenvalue weighted by molar-refractivity contribution is 5.86. The van der Waals surface area contributed by atoms with Crippen molar-refractivity contribution < 1.29 is 29.0 Å². The highest BCUT2D eigenvalue weighted by atomic mass is 16.5. The minimum Gasteiger partial charge on any atom is -0.550 e. The van der Waals surface area contributed by atoms with Crippen molar-refractivity contribution in [2.75, 3.05) is 6.61 Å². The summed E-state index contributed by atoms with van der Waals surface area (Å²) >= 11 is 0. The molecule has 0 saturated heterocycles. The summed E-state index contributed by atoms with van der Waals surface area (Å²) in [6.45, 7) is 4.43. The van der Waals surface area contributed by atoms with E-state index in [0.29, 0.717) is 29.5 Å². The number of fused-ring (bicyclic) bond motifs is 5. The molecule has 0 aromatic carbocycles. The van der Waals surface area contributed by atoms with Crippen LogP contribution in [0.5, 0.6) is 0 Å². The first-order valence-corrected chi connectivity index (χ1v) is 12.0. The van der Waals surface area contributed by atoms with Crippen LogP contribution in [0.15, 0.2) is 0 Å². The van der Waals surface area contributed by atoms with Crippen LogP contribution in [0.2, 0.25) is 0 Å². The maximum absolute atomic E-state index is 13.0. The Morgan fingerprint density at radius 3 is 2.45 bits per heavy atom. The number of carbonyl (C=O) groups is 4. The number of carboxylic acid groups (broad SMARTS) is 1. The minimum absolute atomic E-state index is 0.0200. The lowest BCUT2D eigenvalue weighted by Gasteiger charge is -2.60. The third kappa shape index (κ3) is 3.95. The quantitative estimate of drug-likeness (QED) is 0.600. The smallest absolute Gasteiger partial charge is 0.306 e. The molecule has 0 radical (unpaired) electrons. The van der Waals surface area contributed by atoms with Crippen LogP contribution in [0.3, 0.4) is 0 Å². The molecule has 6 heteroatoms. The number of ether oxygens (including phenoxy) is 1. The molecule has 0 amide bonds. The van der Waals surface area contributed by atoms with Crippen LogP contribution < -0.4 is 5.11 Å². The van der Waals surface area contributed by atoms with E-state index in [1.165, 1.54) is 0 Å². The summed E-state index contributed by atoms with van der Waals surface area (Å²) in [4.78, 5) is 47.3. The molecule has 31 heavy (non-hydrogen) atoms. The summed E-state index contributed by atoms with van der Waals surface area (Å²) in [5.74, 6) is 0.686. The highest BCUT2D eigenvalue weighted by Crippen LogP contribution is 2.67. The minimum atomic E-state index is -1.29. The van der Waals surface area contributed by atoms with Crippen molar-refractivity contribution in [3.8, 4) is 0 Å². The molecule has 0 aromatic heterocycles. The molecule has 0 unspecified atom stereocenters. The van der Waals surface area contributed by atoms with Gasteiger partial charge >= 0.3 is 5.97 Å². The Labute approximate surface area is 184 Å². The highest BCUT2D eigenvalue weighted by Gasteiger charge is 2.61. The van der Waals surface area contributed by atoms with E-state index < -0.39 is 11.9 Å². The van der Waals surface area contributed by atoms with Crippen LogP contribution in [0.1, 0.15) is 84.5 Å². The molecule has 4 rings (SSSR count). The van der Waals surface area contributed by atoms with Crippen molar-refractivity contribution in [3.05, 3.63) is 0 Å². The van der Waals surface area contributed by atoms with Gasteiger partial charge in [-0.1, -0.05) is 13.8 Å². The fraction of sp³-hybridized carbons (Fsp3) is 0.840. The van der Waals surface area contributed by atoms with Crippen molar-refractivity contribution >= 4 is 23.5 Å². The number of carbonyl (C=O) groups excluding carboxylic acids is 4. The predicted octanol–water partition coefficient (Wildman–Crippen LogP) is 2.86. The number of rotatable bonds is 6. The SMILES string of the molecule is C[C@]12CCC(=O)C[C@H]1CC[C@H]1[C@H]2CC[C@]2(C)[C@@H](C(=O)COC(=O)CCC(=O)[O-])CC[C@H]12. The molecule has 0 heterocycles. The van der Waals surface area contributed by atoms with E-state index in [-0.39, 0.29) is 42.0 Å². The Kier molecular flexibility index (Phi) is 6.04. The fourth-order valence-electron chi connectivity index (χ4n) is 8.10. The zero-order valence-corrected chi connectivity index (χ0v) is 18.8. The molecule has 172 valence electrons. The van der Waals surface area contributed by atoms with Crippen LogP contribution in [0, 0.1) is 40.4 Å². The van der Waals surface area contributed by atoms with E-state index in [1.54, 1.807) is 0 Å². The van der Waals surface area contributed by atoms with Gasteiger partial charge in [-0.15, -0.1) is 0 Å². The number of hydrogen-bond acceptors (Lipinski definition) is 6. The Morgan fingerprint density at radius 1 is 0.968 bits per heavy atom. The largest absolute Gasteiger partial charge is 0.550 e. The Bertz CT molecular complexity index is 774. The fourth-order valence-corrected chi connectivity index (χ4v) is 8.10. The zero-order chi connectivity index (χ0) is 22.4. The number of ketones is 2. The van der Waals surface area contributed by atoms with Crippen LogP contribution in [0.25, 0.3) is 0 Å². The summed E-state index contributed by atoms with van der Waals surface area (Å²) in [6, 6.07) is 0. The van der Waals surface area contributed by atoms with Crippen molar-refractivity contribution in [2.45, 2.75) is 84.5 Å². The van der Waals surface area contributed by atoms with Crippen molar-refractivity contribution in [3.63, 3.8) is 0 Å². The number of hydrogen-bond donors (Lipinski definition) is 0. The molecule has 0 spiro atoms. The number of aliphatic carboxylic acids is 1. The zero-order valence-electron chi connectivity index (χ0n) is 18.8. The first-order chi connectivity index (χ1) is 14.6. The third-order valence-corrected chi connectivity index (χ3v) is 9.78. The molecular formula is C25H35O6-. The van der Waals surface area contributed by atoms with E-state index in [4.69, 9.17) is 4.74 Å². The second kappa shape index (κ2) is 8.32. The average molecular weight is 432 g/mol. The molecule has 7 atom stereocenters. The first-order valence-electron chi connectivity index (χ1n) is 12.0. The third-order valence-electron chi connectivity index (χ3n) is 9.78. The summed E-state index contributed by atoms with van der Waals surface area (Å²) < 4.78 is 5.08. The van der Waals surface area contributed by atoms with Gasteiger partial charge in [0.2, 0.25) is 0 Å². The van der Waals surface area contributed by atoms with Crippen molar-refractivity contribution in [2.24, 2.45) is 40.4 Å². The van der Waals surface area contributed by atoms with Crippen LogP contribution in [0.4, 0.5) is 0 Å². The van der Waals surface area contributed by atoms with Crippen LogP contribution in [-0.2, 0) is 23.9 Å². The molecule has 4 aliphatic rings. The predicted molar refractivity (Wildman–Crippen MR) is 110 cm³/mol. The van der Waals surface area contributed by atoms with Gasteiger partial charge in [-0.3, -0.25) is 14.4 Å². The Balaban J connectivity index is 1.41. The molecule has 4 fully saturated rings. The van der Waals surface area contributed by atoms with E-state index >= 15 is 0 Å². The first kappa shape index (κ1) is 22.5. The van der Waals surface area contributed by atoms with Crippen LogP contribution >= 0.6 is 0 Å². The molecular weight excluding hydrogens is 396 g/mol. The number of carboxylic acids is 1. The lowest BCUT2D eigenvalue weighted by atomic mass is 9.44. The summed E-state index contributed by atoms with van der Waals surface area (Å²) in [5, 5.41) is 10.5. The van der Waals surface area contributed by atoms with E-state index in [0.717, 1.165) is 57.8 Å². The summed E-state index contributed by atoms with van der Waals surface area (Å²) in [7, 11) is 0. The van der Waals surface area contributed by atoms with Crippen molar-refractivity contribution in [1.29, 1.82) is 0 Å². The van der Waals surface area contributed by atoms with Gasteiger partial charge in [-0.25, -0.2) is 0 Å². The Morgan fingerprint density at radius 2 is 1.71 bits per heavy atom. The van der Waals surface area contributed by atoms with E-state index in [9.17, 15) is 24.3 Å². The molecule has 6 nitrogen and oxygen atoms in total. The molecule has 0 bridgehead atoms. The van der Waals surface area contributed by atoms with Crippen LogP contribution in [-0.4, -0.2) is 30.1 Å². The van der Waals surface area contributed by atoms with Gasteiger partial charge < -0.3 is 14.6 Å². The van der Waals surface area contributed by atoms with Gasteiger partial charge in [0.25, 0.3) is 0 Å². The normalized spacial score (nSPS) is 41.6. The van der Waals surface area contributed by atoms with Gasteiger partial charge in [-0.2, -0.15) is 0 Å². The van der Waals surface area contributed by atoms with E-state index in [2.05, 4.69) is 13.8 Å². The van der Waals surface area contributed by atoms with Gasteiger partial charge in [-0.05, 0) is 85.9 Å². The van der Waals surface area contributed by atoms with Gasteiger partial charge in [0.1, 0.15) is 12.4 Å². The summed E-state index contributed by atoms with van der Waals surface area (Å²) in [6.07, 6.45) is 8.18. The molecule has 0 N–H and O–H groups in total. The lowest BCUT2D eigenvalue weighted by Crippen LogP contribution is -2.54. The lowest BCUT2D eigenvalue weighted by molar-refractivity contribution is -0.305. The van der Waals surface area contributed by atoms with Gasteiger partial charge in [0.15, 0.2) is 5.78 Å². The maximum Gasteiger partial charge on any atom is 0.306 e. The van der Waals surface area contributed by atoms with Crippen molar-refractivity contribution in [1.82, 2.24) is 0 Å². The standard InChI is InChI=1S/C25H36O6/c1-24-11-9-16(26)13-15(24)3-4-17-18-5-6-20(25(18,2)12-10-19(17)24)21(27)14-31-23(30)8-7-22(28)29/h15,17-20H,3-14H2,1-2H3,(H,28,29)/p-1/t15-,17-,18-,19-,20-,24+,25+/m1/s1. The maximum atomic E-state index is 13.0. The number of Topliss-reactive ketones (excluding diaryl/α,β-unsaturated/α-hetero) is 2. The number of esters is 1. The summed E-state index contributed by atoms with van der Waals surface area (Å²) in [5.41, 5.74) is 0.206. The average Bonchev–Trinajstić information content (AvgIpc) is 3.08. The van der Waals surface area contributed by atoms with E-state index in [1.807, 2.05) is 0 Å².